The molecule has 108 valence electrons. The van der Waals surface area contributed by atoms with Gasteiger partial charge in [-0.1, -0.05) is 66.7 Å². The Balaban J connectivity index is 2.65. The second-order valence-electron chi connectivity index (χ2n) is 4.50. The van der Waals surface area contributed by atoms with Crippen molar-refractivity contribution in [1.29, 1.82) is 0 Å². The lowest BCUT2D eigenvalue weighted by Gasteiger charge is -2.28. The molecule has 0 aliphatic carbocycles. The highest BCUT2D eigenvalue weighted by Gasteiger charge is 2.38. The molecule has 0 amide bonds. The smallest absolute Gasteiger partial charge is 0.250 e. The molecule has 0 aliphatic rings. The van der Waals surface area contributed by atoms with Crippen LogP contribution in [0.25, 0.3) is 0 Å². The van der Waals surface area contributed by atoms with E-state index in [2.05, 4.69) is 6.58 Å². The van der Waals surface area contributed by atoms with Crippen LogP contribution in [-0.2, 0) is 10.3 Å². The Morgan fingerprint density at radius 3 is 1.90 bits per heavy atom. The summed E-state index contributed by atoms with van der Waals surface area (Å²) in [6.07, 6.45) is 2.70. The van der Waals surface area contributed by atoms with Crippen molar-refractivity contribution in [2.75, 3.05) is 6.61 Å². The molecular formula is C17H17NO3. The minimum atomic E-state index is -1.17. The minimum absolute atomic E-state index is 0.219. The van der Waals surface area contributed by atoms with Gasteiger partial charge in [-0.25, -0.2) is 0 Å². The molecule has 0 saturated carbocycles. The summed E-state index contributed by atoms with van der Waals surface area (Å²) < 4.78 is 5.89. The lowest BCUT2D eigenvalue weighted by Crippen LogP contribution is -2.36. The summed E-state index contributed by atoms with van der Waals surface area (Å²) in [5, 5.41) is 20.5. The fraction of sp³-hybridized carbons (Fsp3) is 0.118. The van der Waals surface area contributed by atoms with E-state index in [1.165, 1.54) is 0 Å². The van der Waals surface area contributed by atoms with Gasteiger partial charge in [0.1, 0.15) is 0 Å². The van der Waals surface area contributed by atoms with E-state index in [1.807, 2.05) is 60.7 Å². The zero-order valence-electron chi connectivity index (χ0n) is 11.6. The second kappa shape index (κ2) is 6.72. The molecule has 0 atom stereocenters. The number of nitrogens with zero attached hydrogens (tertiary/aromatic N) is 1. The predicted octanol–water partition coefficient (Wildman–Crippen LogP) is 3.10. The zero-order chi connectivity index (χ0) is 15.1. The van der Waals surface area contributed by atoms with Gasteiger partial charge in [-0.05, 0) is 11.1 Å². The van der Waals surface area contributed by atoms with Crippen LogP contribution in [0, 0.1) is 5.21 Å². The lowest BCUT2D eigenvalue weighted by molar-refractivity contribution is -0.724. The van der Waals surface area contributed by atoms with Crippen molar-refractivity contribution in [3.63, 3.8) is 0 Å². The van der Waals surface area contributed by atoms with Crippen LogP contribution in [0.5, 0.6) is 0 Å². The first kappa shape index (κ1) is 14.8. The molecule has 0 bridgehead atoms. The van der Waals surface area contributed by atoms with E-state index >= 15 is 0 Å². The van der Waals surface area contributed by atoms with Crippen molar-refractivity contribution in [3.8, 4) is 0 Å². The first-order chi connectivity index (χ1) is 10.2. The summed E-state index contributed by atoms with van der Waals surface area (Å²) in [6.45, 7) is 3.87. The van der Waals surface area contributed by atoms with Crippen LogP contribution in [0.1, 0.15) is 11.1 Å². The zero-order valence-corrected chi connectivity index (χ0v) is 11.6. The lowest BCUT2D eigenvalue weighted by atomic mass is 9.87. The average molecular weight is 283 g/mol. The second-order valence-corrected chi connectivity index (χ2v) is 4.50. The van der Waals surface area contributed by atoms with E-state index in [0.717, 1.165) is 17.3 Å². The van der Waals surface area contributed by atoms with Crippen molar-refractivity contribution < 1.29 is 14.8 Å². The van der Waals surface area contributed by atoms with E-state index in [-0.39, 0.29) is 11.5 Å². The topological polar surface area (TPSA) is 55.5 Å². The first-order valence-corrected chi connectivity index (χ1v) is 6.56. The Bertz CT molecular complexity index is 565. The van der Waals surface area contributed by atoms with E-state index in [4.69, 9.17) is 4.74 Å². The molecule has 1 N–H and O–H groups in total. The Labute approximate surface area is 123 Å². The number of hydrogen-bond acceptors (Lipinski definition) is 3. The van der Waals surface area contributed by atoms with Gasteiger partial charge in [0.25, 0.3) is 6.21 Å². The molecular weight excluding hydrogens is 266 g/mol. The van der Waals surface area contributed by atoms with Gasteiger partial charge in [0.05, 0.1) is 6.61 Å². The SMILES string of the molecule is C=CCOC(/C=[N+](\[O-])O)(c1ccccc1)c1ccccc1. The van der Waals surface area contributed by atoms with Gasteiger partial charge in [-0.3, -0.25) is 5.21 Å². The summed E-state index contributed by atoms with van der Waals surface area (Å²) in [5.74, 6) is 0. The summed E-state index contributed by atoms with van der Waals surface area (Å²) in [7, 11) is 0. The quantitative estimate of drug-likeness (QED) is 0.291. The van der Waals surface area contributed by atoms with E-state index in [0.29, 0.717) is 0 Å². The fourth-order valence-electron chi connectivity index (χ4n) is 2.24. The van der Waals surface area contributed by atoms with Crippen molar-refractivity contribution in [2.24, 2.45) is 0 Å². The average Bonchev–Trinajstić information content (AvgIpc) is 2.53. The molecule has 0 unspecified atom stereocenters. The Kier molecular flexibility index (Phi) is 4.74. The molecule has 2 rings (SSSR count). The molecule has 4 nitrogen and oxygen atoms in total. The molecule has 0 heterocycles. The van der Waals surface area contributed by atoms with Gasteiger partial charge >= 0.3 is 0 Å². The van der Waals surface area contributed by atoms with Gasteiger partial charge in [0, 0.05) is 4.90 Å². The highest BCUT2D eigenvalue weighted by molar-refractivity contribution is 5.73. The van der Waals surface area contributed by atoms with E-state index in [9.17, 15) is 10.4 Å². The molecule has 21 heavy (non-hydrogen) atoms. The van der Waals surface area contributed by atoms with Gasteiger partial charge in [-0.2, -0.15) is 0 Å². The Morgan fingerprint density at radius 2 is 1.52 bits per heavy atom. The van der Waals surface area contributed by atoms with E-state index < -0.39 is 5.60 Å². The third kappa shape index (κ3) is 3.30. The van der Waals surface area contributed by atoms with Crippen molar-refractivity contribution in [2.45, 2.75) is 5.60 Å². The molecule has 0 aliphatic heterocycles. The van der Waals surface area contributed by atoms with Crippen molar-refractivity contribution >= 4 is 6.21 Å². The Hall–Kier alpha value is -2.59. The minimum Gasteiger partial charge on any atom is -0.418 e. The maximum atomic E-state index is 11.3. The Morgan fingerprint density at radius 1 is 1.05 bits per heavy atom. The standard InChI is InChI=1S/C17H17NO3/c1-2-13-21-17(14-18(19)20,15-9-5-3-6-10-15)16-11-7-4-8-12-16/h2-12,14H,1,13H2,(H,19,20). The molecule has 0 radical (unpaired) electrons. The highest BCUT2D eigenvalue weighted by atomic mass is 16.8. The molecule has 0 spiro atoms. The van der Waals surface area contributed by atoms with Crippen molar-refractivity contribution in [3.05, 3.63) is 89.7 Å². The monoisotopic (exact) mass is 283 g/mol. The van der Waals surface area contributed by atoms with Gasteiger partial charge in [0.15, 0.2) is 0 Å². The van der Waals surface area contributed by atoms with Crippen LogP contribution < -0.4 is 0 Å². The molecule has 2 aromatic rings. The number of rotatable bonds is 6. The van der Waals surface area contributed by atoms with Crippen LogP contribution >= 0.6 is 0 Å². The maximum absolute atomic E-state index is 11.3. The molecule has 0 saturated heterocycles. The van der Waals surface area contributed by atoms with Gasteiger partial charge in [-0.15, -0.1) is 6.58 Å². The fourth-order valence-corrected chi connectivity index (χ4v) is 2.24. The third-order valence-electron chi connectivity index (χ3n) is 3.13. The number of benzene rings is 2. The van der Waals surface area contributed by atoms with E-state index in [1.54, 1.807) is 6.08 Å². The van der Waals surface area contributed by atoms with Crippen LogP contribution in [-0.4, -0.2) is 22.9 Å². The van der Waals surface area contributed by atoms with Crippen LogP contribution in [0.2, 0.25) is 0 Å². The first-order valence-electron chi connectivity index (χ1n) is 6.56. The molecule has 0 fully saturated rings. The summed E-state index contributed by atoms with van der Waals surface area (Å²) in [5.41, 5.74) is 0.314. The molecule has 4 heteroatoms. The van der Waals surface area contributed by atoms with Crippen LogP contribution in [0.4, 0.5) is 0 Å². The van der Waals surface area contributed by atoms with Gasteiger partial charge in [0.2, 0.25) is 5.60 Å². The van der Waals surface area contributed by atoms with Crippen molar-refractivity contribution in [1.82, 2.24) is 0 Å². The van der Waals surface area contributed by atoms with Crippen LogP contribution in [0.15, 0.2) is 73.3 Å². The summed E-state index contributed by atoms with van der Waals surface area (Å²) in [6, 6.07) is 18.5. The molecule has 0 aromatic heterocycles. The van der Waals surface area contributed by atoms with Gasteiger partial charge < -0.3 is 9.94 Å². The normalized spacial score (nSPS) is 12.1. The molecule has 2 aromatic carbocycles. The highest BCUT2D eigenvalue weighted by Crippen LogP contribution is 2.32. The number of ether oxygens (including phenoxy) is 1. The summed E-state index contributed by atoms with van der Waals surface area (Å²) in [4.78, 5) is -0.219. The summed E-state index contributed by atoms with van der Waals surface area (Å²) >= 11 is 0. The maximum Gasteiger partial charge on any atom is 0.250 e. The largest absolute Gasteiger partial charge is 0.418 e. The third-order valence-corrected chi connectivity index (χ3v) is 3.13. The predicted molar refractivity (Wildman–Crippen MR) is 81.3 cm³/mol. The number of hydrogen-bond donors (Lipinski definition) is 1. The van der Waals surface area contributed by atoms with Crippen LogP contribution in [0.3, 0.4) is 0 Å².